The lowest BCUT2D eigenvalue weighted by Gasteiger charge is -2.10. The largest absolute Gasteiger partial charge is 0.387 e. The van der Waals surface area contributed by atoms with Crippen molar-refractivity contribution in [1.82, 2.24) is 5.32 Å². The molecule has 0 bridgehead atoms. The first-order valence-corrected chi connectivity index (χ1v) is 7.29. The number of amides is 1. The highest BCUT2D eigenvalue weighted by atomic mass is 35.5. The van der Waals surface area contributed by atoms with Crippen molar-refractivity contribution in [3.63, 3.8) is 0 Å². The summed E-state index contributed by atoms with van der Waals surface area (Å²) in [5.41, 5.74) is 0.779. The van der Waals surface area contributed by atoms with Gasteiger partial charge in [0.15, 0.2) is 0 Å². The van der Waals surface area contributed by atoms with Crippen LogP contribution in [0.3, 0.4) is 0 Å². The van der Waals surface area contributed by atoms with Crippen molar-refractivity contribution >= 4 is 34.9 Å². The first-order valence-electron chi connectivity index (χ1n) is 6.09. The van der Waals surface area contributed by atoms with E-state index in [1.165, 1.54) is 17.4 Å². The van der Waals surface area contributed by atoms with Crippen LogP contribution in [-0.2, 0) is 4.79 Å². The molecule has 1 unspecified atom stereocenters. The zero-order chi connectivity index (χ0) is 14.4. The molecule has 0 aliphatic carbocycles. The Hall–Kier alpha value is -1.62. The van der Waals surface area contributed by atoms with E-state index < -0.39 is 6.10 Å². The van der Waals surface area contributed by atoms with E-state index in [0.29, 0.717) is 4.34 Å². The fourth-order valence-electron chi connectivity index (χ4n) is 1.62. The number of benzene rings is 1. The lowest BCUT2D eigenvalue weighted by atomic mass is 10.1. The number of carbonyl (C=O) groups excluding carboxylic acids is 1. The smallest absolute Gasteiger partial charge is 0.244 e. The van der Waals surface area contributed by atoms with Crippen LogP contribution >= 0.6 is 22.9 Å². The first kappa shape index (κ1) is 14.8. The van der Waals surface area contributed by atoms with E-state index in [1.807, 2.05) is 36.4 Å². The minimum absolute atomic E-state index is 0.179. The zero-order valence-electron chi connectivity index (χ0n) is 10.6. The molecule has 1 aromatic carbocycles. The highest BCUT2D eigenvalue weighted by Gasteiger charge is 2.07. The number of thiophene rings is 1. The third-order valence-electron chi connectivity index (χ3n) is 2.65. The molecule has 20 heavy (non-hydrogen) atoms. The van der Waals surface area contributed by atoms with Gasteiger partial charge in [0.2, 0.25) is 5.91 Å². The predicted octanol–water partition coefficient (Wildman–Crippen LogP) is 3.26. The number of carbonyl (C=O) groups is 1. The quantitative estimate of drug-likeness (QED) is 0.833. The molecule has 2 rings (SSSR count). The second-order valence-electron chi connectivity index (χ2n) is 4.15. The average molecular weight is 308 g/mol. The summed E-state index contributed by atoms with van der Waals surface area (Å²) < 4.78 is 0.685. The van der Waals surface area contributed by atoms with Crippen LogP contribution in [0.25, 0.3) is 6.08 Å². The van der Waals surface area contributed by atoms with Gasteiger partial charge in [0.1, 0.15) is 0 Å². The third kappa shape index (κ3) is 4.49. The summed E-state index contributed by atoms with van der Waals surface area (Å²) in [5, 5.41) is 12.6. The molecule has 0 aliphatic rings. The van der Waals surface area contributed by atoms with Crippen LogP contribution < -0.4 is 5.32 Å². The van der Waals surface area contributed by atoms with Crippen LogP contribution in [0, 0.1) is 0 Å². The molecule has 104 valence electrons. The molecule has 2 aromatic rings. The van der Waals surface area contributed by atoms with Crippen LogP contribution in [0.4, 0.5) is 0 Å². The van der Waals surface area contributed by atoms with Gasteiger partial charge in [-0.2, -0.15) is 0 Å². The number of hydrogen-bond acceptors (Lipinski definition) is 3. The minimum atomic E-state index is -0.704. The fourth-order valence-corrected chi connectivity index (χ4v) is 2.59. The number of nitrogens with one attached hydrogen (secondary N) is 1. The molecule has 1 amide bonds. The predicted molar refractivity (Wildman–Crippen MR) is 82.8 cm³/mol. The van der Waals surface area contributed by atoms with Gasteiger partial charge in [-0.3, -0.25) is 4.79 Å². The molecule has 1 heterocycles. The number of hydrogen-bond donors (Lipinski definition) is 2. The molecule has 0 saturated carbocycles. The maximum atomic E-state index is 11.6. The summed E-state index contributed by atoms with van der Waals surface area (Å²) in [7, 11) is 0. The summed E-state index contributed by atoms with van der Waals surface area (Å²) in [6.45, 7) is 0.179. The Bertz CT molecular complexity index is 595. The van der Waals surface area contributed by atoms with E-state index in [9.17, 15) is 9.90 Å². The SMILES string of the molecule is O=C(/C=C/c1ccc(Cl)s1)NCC(O)c1ccccc1. The van der Waals surface area contributed by atoms with Crippen molar-refractivity contribution < 1.29 is 9.90 Å². The number of rotatable bonds is 5. The van der Waals surface area contributed by atoms with Crippen LogP contribution in [0.5, 0.6) is 0 Å². The fraction of sp³-hybridized carbons (Fsp3) is 0.133. The van der Waals surface area contributed by atoms with Gasteiger partial charge in [0.05, 0.1) is 10.4 Å². The molecule has 0 radical (unpaired) electrons. The average Bonchev–Trinajstić information content (AvgIpc) is 2.89. The molecule has 0 fully saturated rings. The highest BCUT2D eigenvalue weighted by Crippen LogP contribution is 2.22. The Labute approximate surface area is 126 Å². The molecule has 1 atom stereocenters. The number of halogens is 1. The molecule has 0 spiro atoms. The minimum Gasteiger partial charge on any atom is -0.387 e. The molecule has 3 nitrogen and oxygen atoms in total. The van der Waals surface area contributed by atoms with Gasteiger partial charge in [0.25, 0.3) is 0 Å². The van der Waals surface area contributed by atoms with E-state index in [0.717, 1.165) is 10.4 Å². The van der Waals surface area contributed by atoms with Crippen LogP contribution in [0.15, 0.2) is 48.5 Å². The highest BCUT2D eigenvalue weighted by molar-refractivity contribution is 7.17. The van der Waals surface area contributed by atoms with Crippen molar-refractivity contribution in [3.8, 4) is 0 Å². The van der Waals surface area contributed by atoms with Crippen LogP contribution in [0.2, 0.25) is 4.34 Å². The standard InChI is InChI=1S/C15H14ClNO2S/c16-14-8-6-12(20-14)7-9-15(19)17-10-13(18)11-4-2-1-3-5-11/h1-9,13,18H,10H2,(H,17,19)/b9-7+. The first-order chi connectivity index (χ1) is 9.65. The molecule has 0 aliphatic heterocycles. The maximum absolute atomic E-state index is 11.6. The second-order valence-corrected chi connectivity index (χ2v) is 5.89. The Morgan fingerprint density at radius 1 is 1.30 bits per heavy atom. The molecular formula is C15H14ClNO2S. The van der Waals surface area contributed by atoms with Gasteiger partial charge < -0.3 is 10.4 Å². The monoisotopic (exact) mass is 307 g/mol. The van der Waals surface area contributed by atoms with Gasteiger partial charge in [-0.1, -0.05) is 41.9 Å². The van der Waals surface area contributed by atoms with Gasteiger partial charge in [-0.25, -0.2) is 0 Å². The van der Waals surface area contributed by atoms with Crippen molar-refractivity contribution in [1.29, 1.82) is 0 Å². The van der Waals surface area contributed by atoms with E-state index in [1.54, 1.807) is 12.1 Å². The summed E-state index contributed by atoms with van der Waals surface area (Å²) >= 11 is 7.20. The summed E-state index contributed by atoms with van der Waals surface area (Å²) in [6, 6.07) is 12.8. The Kier molecular flexibility index (Phi) is 5.35. The lowest BCUT2D eigenvalue weighted by Crippen LogP contribution is -2.26. The van der Waals surface area contributed by atoms with Crippen molar-refractivity contribution in [3.05, 3.63) is 63.3 Å². The molecule has 5 heteroatoms. The topological polar surface area (TPSA) is 49.3 Å². The molecule has 0 saturated heterocycles. The van der Waals surface area contributed by atoms with Gasteiger partial charge >= 0.3 is 0 Å². The third-order valence-corrected chi connectivity index (χ3v) is 3.84. The Balaban J connectivity index is 1.82. The van der Waals surface area contributed by atoms with Crippen LogP contribution in [-0.4, -0.2) is 17.6 Å². The summed E-state index contributed by atoms with van der Waals surface area (Å²) in [4.78, 5) is 12.5. The second kappa shape index (κ2) is 7.24. The lowest BCUT2D eigenvalue weighted by molar-refractivity contribution is -0.116. The van der Waals surface area contributed by atoms with E-state index in [2.05, 4.69) is 5.32 Å². The van der Waals surface area contributed by atoms with E-state index in [4.69, 9.17) is 11.6 Å². The van der Waals surface area contributed by atoms with Gasteiger partial charge in [0, 0.05) is 17.5 Å². The number of aliphatic hydroxyl groups excluding tert-OH is 1. The summed E-state index contributed by atoms with van der Waals surface area (Å²) in [5.74, 6) is -0.246. The molecular weight excluding hydrogens is 294 g/mol. The van der Waals surface area contributed by atoms with Gasteiger partial charge in [-0.05, 0) is 23.8 Å². The van der Waals surface area contributed by atoms with Crippen LogP contribution in [0.1, 0.15) is 16.5 Å². The normalized spacial score (nSPS) is 12.5. The van der Waals surface area contributed by atoms with Crippen molar-refractivity contribution in [2.75, 3.05) is 6.54 Å². The Morgan fingerprint density at radius 3 is 2.70 bits per heavy atom. The van der Waals surface area contributed by atoms with Crippen molar-refractivity contribution in [2.45, 2.75) is 6.10 Å². The molecule has 1 aromatic heterocycles. The number of aliphatic hydroxyl groups is 1. The van der Waals surface area contributed by atoms with Crippen molar-refractivity contribution in [2.24, 2.45) is 0 Å². The van der Waals surface area contributed by atoms with E-state index in [-0.39, 0.29) is 12.5 Å². The van der Waals surface area contributed by atoms with E-state index >= 15 is 0 Å². The van der Waals surface area contributed by atoms with Gasteiger partial charge in [-0.15, -0.1) is 11.3 Å². The maximum Gasteiger partial charge on any atom is 0.244 e. The Morgan fingerprint density at radius 2 is 2.05 bits per heavy atom. The zero-order valence-corrected chi connectivity index (χ0v) is 12.2. The summed E-state index contributed by atoms with van der Waals surface area (Å²) in [6.07, 6.45) is 2.42. The molecule has 2 N–H and O–H groups in total.